The van der Waals surface area contributed by atoms with E-state index in [4.69, 9.17) is 20.1 Å². The molecule has 7 nitrogen and oxygen atoms in total. The Bertz CT molecular complexity index is 635. The van der Waals surface area contributed by atoms with E-state index < -0.39 is 0 Å². The zero-order valence-electron chi connectivity index (χ0n) is 11.6. The largest absolute Gasteiger partial charge is 0.486 e. The Balaban J connectivity index is 1.95. The van der Waals surface area contributed by atoms with Crippen LogP contribution in [0.25, 0.3) is 0 Å². The maximum absolute atomic E-state index is 5.68. The van der Waals surface area contributed by atoms with Gasteiger partial charge in [0.1, 0.15) is 19.5 Å². The SMILES string of the molecule is COc1cc(C(NN)c2ccc3c(c2)OCCO3)ncn1. The molecule has 3 N–H and O–H groups in total. The van der Waals surface area contributed by atoms with Crippen LogP contribution < -0.4 is 25.5 Å². The fourth-order valence-corrected chi connectivity index (χ4v) is 2.21. The molecule has 0 spiro atoms. The Morgan fingerprint density at radius 3 is 2.76 bits per heavy atom. The summed E-state index contributed by atoms with van der Waals surface area (Å²) < 4.78 is 16.2. The van der Waals surface area contributed by atoms with E-state index in [1.165, 1.54) is 6.33 Å². The minimum Gasteiger partial charge on any atom is -0.486 e. The van der Waals surface area contributed by atoms with Crippen LogP contribution >= 0.6 is 0 Å². The molecule has 1 aromatic carbocycles. The number of fused-ring (bicyclic) bond motifs is 1. The van der Waals surface area contributed by atoms with E-state index in [9.17, 15) is 0 Å². The van der Waals surface area contributed by atoms with Crippen LogP contribution in [0.15, 0.2) is 30.6 Å². The maximum Gasteiger partial charge on any atom is 0.216 e. The van der Waals surface area contributed by atoms with Crippen LogP contribution in [-0.4, -0.2) is 30.3 Å². The van der Waals surface area contributed by atoms with Crippen LogP contribution in [-0.2, 0) is 0 Å². The fourth-order valence-electron chi connectivity index (χ4n) is 2.21. The van der Waals surface area contributed by atoms with E-state index in [0.717, 1.165) is 11.3 Å². The third-order valence-electron chi connectivity index (χ3n) is 3.23. The predicted octanol–water partition coefficient (Wildman–Crippen LogP) is 0.809. The van der Waals surface area contributed by atoms with Gasteiger partial charge in [-0.05, 0) is 17.7 Å². The molecule has 0 radical (unpaired) electrons. The second-order valence-corrected chi connectivity index (χ2v) is 4.49. The van der Waals surface area contributed by atoms with Crippen LogP contribution in [0.5, 0.6) is 17.4 Å². The van der Waals surface area contributed by atoms with Crippen LogP contribution in [0.4, 0.5) is 0 Å². The Hall–Kier alpha value is -2.38. The lowest BCUT2D eigenvalue weighted by atomic mass is 10.0. The maximum atomic E-state index is 5.68. The van der Waals surface area contributed by atoms with E-state index in [1.54, 1.807) is 13.2 Å². The van der Waals surface area contributed by atoms with Gasteiger partial charge in [-0.3, -0.25) is 5.84 Å². The first kappa shape index (κ1) is 13.6. The highest BCUT2D eigenvalue weighted by Gasteiger charge is 2.19. The molecule has 0 fully saturated rings. The lowest BCUT2D eigenvalue weighted by Crippen LogP contribution is -2.29. The lowest BCUT2D eigenvalue weighted by molar-refractivity contribution is 0.171. The van der Waals surface area contributed by atoms with Gasteiger partial charge in [0, 0.05) is 6.07 Å². The third-order valence-corrected chi connectivity index (χ3v) is 3.23. The Kier molecular flexibility index (Phi) is 3.85. The van der Waals surface area contributed by atoms with Crippen molar-refractivity contribution in [1.29, 1.82) is 0 Å². The summed E-state index contributed by atoms with van der Waals surface area (Å²) in [6.07, 6.45) is 1.44. The van der Waals surface area contributed by atoms with Gasteiger partial charge in [-0.25, -0.2) is 15.4 Å². The number of benzene rings is 1. The van der Waals surface area contributed by atoms with E-state index in [0.29, 0.717) is 30.5 Å². The highest BCUT2D eigenvalue weighted by atomic mass is 16.6. The summed E-state index contributed by atoms with van der Waals surface area (Å²) in [5.41, 5.74) is 4.38. The van der Waals surface area contributed by atoms with Crippen LogP contribution in [0.3, 0.4) is 0 Å². The first-order chi connectivity index (χ1) is 10.3. The van der Waals surface area contributed by atoms with Gasteiger partial charge < -0.3 is 14.2 Å². The second-order valence-electron chi connectivity index (χ2n) is 4.49. The summed E-state index contributed by atoms with van der Waals surface area (Å²) in [4.78, 5) is 8.23. The van der Waals surface area contributed by atoms with Crippen molar-refractivity contribution < 1.29 is 14.2 Å². The average molecular weight is 288 g/mol. The molecule has 21 heavy (non-hydrogen) atoms. The molecular weight excluding hydrogens is 272 g/mol. The van der Waals surface area contributed by atoms with E-state index in [2.05, 4.69) is 15.4 Å². The summed E-state index contributed by atoms with van der Waals surface area (Å²) in [7, 11) is 1.56. The molecule has 0 aliphatic carbocycles. The number of nitrogens with two attached hydrogens (primary N) is 1. The number of hydrogen-bond donors (Lipinski definition) is 2. The van der Waals surface area contributed by atoms with Gasteiger partial charge >= 0.3 is 0 Å². The van der Waals surface area contributed by atoms with Crippen molar-refractivity contribution in [3.05, 3.63) is 41.9 Å². The van der Waals surface area contributed by atoms with Crippen molar-refractivity contribution in [3.63, 3.8) is 0 Å². The Morgan fingerprint density at radius 2 is 2.00 bits per heavy atom. The Morgan fingerprint density at radius 1 is 1.19 bits per heavy atom. The summed E-state index contributed by atoms with van der Waals surface area (Å²) in [5.74, 6) is 7.61. The highest BCUT2D eigenvalue weighted by molar-refractivity contribution is 5.46. The average Bonchev–Trinajstić information content (AvgIpc) is 2.56. The molecule has 1 aliphatic rings. The molecule has 1 aromatic heterocycles. The molecule has 3 rings (SSSR count). The zero-order chi connectivity index (χ0) is 14.7. The standard InChI is InChI=1S/C14H16N4O3/c1-19-13-7-10(16-8-17-13)14(18-15)9-2-3-11-12(6-9)21-5-4-20-11/h2-3,6-8,14,18H,4-5,15H2,1H3. The van der Waals surface area contributed by atoms with Gasteiger partial charge in [0.2, 0.25) is 5.88 Å². The first-order valence-corrected chi connectivity index (χ1v) is 6.53. The smallest absolute Gasteiger partial charge is 0.216 e. The van der Waals surface area contributed by atoms with E-state index in [-0.39, 0.29) is 6.04 Å². The van der Waals surface area contributed by atoms with E-state index >= 15 is 0 Å². The van der Waals surface area contributed by atoms with Gasteiger partial charge in [-0.15, -0.1) is 0 Å². The minimum absolute atomic E-state index is 0.294. The molecule has 110 valence electrons. The molecular formula is C14H16N4O3. The molecule has 0 saturated heterocycles. The molecule has 2 aromatic rings. The number of hydrazine groups is 1. The van der Waals surface area contributed by atoms with Gasteiger partial charge in [0.05, 0.1) is 18.8 Å². The lowest BCUT2D eigenvalue weighted by Gasteiger charge is -2.21. The number of hydrogen-bond acceptors (Lipinski definition) is 7. The summed E-state index contributed by atoms with van der Waals surface area (Å²) in [5, 5.41) is 0. The minimum atomic E-state index is -0.294. The van der Waals surface area contributed by atoms with Gasteiger partial charge in [0.25, 0.3) is 0 Å². The van der Waals surface area contributed by atoms with Crippen molar-refractivity contribution >= 4 is 0 Å². The van der Waals surface area contributed by atoms with Crippen molar-refractivity contribution in [3.8, 4) is 17.4 Å². The highest BCUT2D eigenvalue weighted by Crippen LogP contribution is 2.34. The summed E-state index contributed by atoms with van der Waals surface area (Å²) in [6, 6.07) is 7.13. The number of nitrogens with one attached hydrogen (secondary N) is 1. The molecule has 2 heterocycles. The van der Waals surface area contributed by atoms with Crippen molar-refractivity contribution in [2.75, 3.05) is 20.3 Å². The van der Waals surface area contributed by atoms with Crippen molar-refractivity contribution in [1.82, 2.24) is 15.4 Å². The number of aromatic nitrogens is 2. The number of ether oxygens (including phenoxy) is 3. The fraction of sp³-hybridized carbons (Fsp3) is 0.286. The number of methoxy groups -OCH3 is 1. The first-order valence-electron chi connectivity index (χ1n) is 6.53. The molecule has 0 amide bonds. The molecule has 1 unspecified atom stereocenters. The molecule has 0 saturated carbocycles. The normalized spacial score (nSPS) is 14.6. The Labute approximate surface area is 122 Å². The van der Waals surface area contributed by atoms with Crippen molar-refractivity contribution in [2.45, 2.75) is 6.04 Å². The molecule has 7 heteroatoms. The zero-order valence-corrected chi connectivity index (χ0v) is 11.6. The molecule has 1 aliphatic heterocycles. The van der Waals surface area contributed by atoms with E-state index in [1.807, 2.05) is 18.2 Å². The van der Waals surface area contributed by atoms with Gasteiger partial charge in [-0.1, -0.05) is 6.07 Å². The molecule has 0 bridgehead atoms. The topological polar surface area (TPSA) is 91.5 Å². The van der Waals surface area contributed by atoms with Crippen LogP contribution in [0.2, 0.25) is 0 Å². The van der Waals surface area contributed by atoms with Gasteiger partial charge in [0.15, 0.2) is 11.5 Å². The number of nitrogens with zero attached hydrogens (tertiary/aromatic N) is 2. The third kappa shape index (κ3) is 2.74. The predicted molar refractivity (Wildman–Crippen MR) is 75.2 cm³/mol. The monoisotopic (exact) mass is 288 g/mol. The van der Waals surface area contributed by atoms with Crippen molar-refractivity contribution in [2.24, 2.45) is 5.84 Å². The van der Waals surface area contributed by atoms with Gasteiger partial charge in [-0.2, -0.15) is 0 Å². The quantitative estimate of drug-likeness (QED) is 0.635. The van der Waals surface area contributed by atoms with Crippen LogP contribution in [0, 0.1) is 0 Å². The number of rotatable bonds is 4. The summed E-state index contributed by atoms with van der Waals surface area (Å²) in [6.45, 7) is 1.10. The summed E-state index contributed by atoms with van der Waals surface area (Å²) >= 11 is 0. The second kappa shape index (κ2) is 5.94. The van der Waals surface area contributed by atoms with Crippen LogP contribution in [0.1, 0.15) is 17.3 Å². The molecule has 1 atom stereocenters.